The van der Waals surface area contributed by atoms with Gasteiger partial charge in [0.1, 0.15) is 5.76 Å². The first kappa shape index (κ1) is 21.1. The Morgan fingerprint density at radius 3 is 2.31 bits per heavy atom. The monoisotopic (exact) mass is 430 g/mol. The van der Waals surface area contributed by atoms with E-state index in [0.29, 0.717) is 22.6 Å². The molecule has 0 saturated carbocycles. The van der Waals surface area contributed by atoms with Gasteiger partial charge in [0, 0.05) is 24.5 Å². The largest absolute Gasteiger partial charge is 0.507 e. The number of amides is 1. The summed E-state index contributed by atoms with van der Waals surface area (Å²) in [5, 5.41) is 11.0. The molecule has 1 N–H and O–H groups in total. The van der Waals surface area contributed by atoms with Crippen LogP contribution >= 0.6 is 0 Å². The van der Waals surface area contributed by atoms with Crippen molar-refractivity contribution in [3.05, 3.63) is 95.3 Å². The summed E-state index contributed by atoms with van der Waals surface area (Å²) in [6.07, 6.45) is 3.03. The summed E-state index contributed by atoms with van der Waals surface area (Å²) < 4.78 is 10.7. The lowest BCUT2D eigenvalue weighted by Crippen LogP contribution is -2.29. The maximum Gasteiger partial charge on any atom is 0.295 e. The van der Waals surface area contributed by atoms with Crippen LogP contribution in [0.1, 0.15) is 22.7 Å². The molecule has 1 fully saturated rings. The summed E-state index contributed by atoms with van der Waals surface area (Å²) in [6, 6.07) is 16.9. The molecular formula is C25H22N2O5. The molecule has 1 unspecified atom stereocenters. The van der Waals surface area contributed by atoms with Crippen LogP contribution in [0.2, 0.25) is 0 Å². The summed E-state index contributed by atoms with van der Waals surface area (Å²) in [5.74, 6) is -0.690. The second kappa shape index (κ2) is 8.93. The minimum absolute atomic E-state index is 0.0179. The fourth-order valence-electron chi connectivity index (χ4n) is 3.86. The Bertz CT molecular complexity index is 1180. The molecule has 0 spiro atoms. The van der Waals surface area contributed by atoms with Crippen LogP contribution in [0, 0.1) is 0 Å². The van der Waals surface area contributed by atoms with Gasteiger partial charge in [0.15, 0.2) is 11.5 Å². The number of methoxy groups -OCH3 is 2. The van der Waals surface area contributed by atoms with Crippen LogP contribution in [0.25, 0.3) is 5.76 Å². The minimum atomic E-state index is -0.803. The molecule has 1 aliphatic heterocycles. The van der Waals surface area contributed by atoms with Crippen LogP contribution in [0.3, 0.4) is 0 Å². The van der Waals surface area contributed by atoms with Gasteiger partial charge in [-0.1, -0.05) is 36.4 Å². The number of pyridine rings is 1. The van der Waals surface area contributed by atoms with Crippen LogP contribution < -0.4 is 9.47 Å². The van der Waals surface area contributed by atoms with Crippen LogP contribution in [0.15, 0.2) is 78.6 Å². The van der Waals surface area contributed by atoms with E-state index in [2.05, 4.69) is 4.98 Å². The number of ketones is 1. The number of hydrogen-bond donors (Lipinski definition) is 1. The molecule has 2 aromatic carbocycles. The van der Waals surface area contributed by atoms with Crippen molar-refractivity contribution < 1.29 is 24.2 Å². The van der Waals surface area contributed by atoms with Crippen molar-refractivity contribution in [1.82, 2.24) is 9.88 Å². The summed E-state index contributed by atoms with van der Waals surface area (Å²) in [4.78, 5) is 31.6. The predicted molar refractivity (Wildman–Crippen MR) is 118 cm³/mol. The van der Waals surface area contributed by atoms with E-state index in [1.54, 1.807) is 30.3 Å². The second-order valence-electron chi connectivity index (χ2n) is 7.26. The highest BCUT2D eigenvalue weighted by atomic mass is 16.5. The molecule has 1 saturated heterocycles. The molecule has 4 rings (SSSR count). The van der Waals surface area contributed by atoms with Crippen molar-refractivity contribution in [3.63, 3.8) is 0 Å². The molecule has 1 atom stereocenters. The van der Waals surface area contributed by atoms with Crippen molar-refractivity contribution in [3.8, 4) is 11.5 Å². The van der Waals surface area contributed by atoms with Crippen molar-refractivity contribution in [2.45, 2.75) is 12.6 Å². The Hall–Kier alpha value is -4.13. The molecule has 2 heterocycles. The first-order chi connectivity index (χ1) is 15.5. The first-order valence-electron chi connectivity index (χ1n) is 9.99. The normalized spacial score (nSPS) is 17.4. The molecule has 1 amide bonds. The Labute approximate surface area is 185 Å². The number of likely N-dealkylation sites (tertiary alicyclic amines) is 1. The van der Waals surface area contributed by atoms with Gasteiger partial charge in [-0.05, 0) is 35.4 Å². The smallest absolute Gasteiger partial charge is 0.295 e. The van der Waals surface area contributed by atoms with E-state index in [1.165, 1.54) is 31.5 Å². The standard InChI is InChI=1S/C25H22N2O5/c1-31-19-9-8-18(14-20(19)32-2)22-21(23(28)17-10-12-26-13-11-17)24(29)25(30)27(22)15-16-6-4-3-5-7-16/h3-14,22,28H,15H2,1-2H3. The zero-order valence-corrected chi connectivity index (χ0v) is 17.7. The van der Waals surface area contributed by atoms with E-state index < -0.39 is 17.7 Å². The van der Waals surface area contributed by atoms with Gasteiger partial charge in [-0.2, -0.15) is 0 Å². The lowest BCUT2D eigenvalue weighted by Gasteiger charge is -2.26. The number of nitrogens with zero attached hydrogens (tertiary/aromatic N) is 2. The molecule has 1 aromatic heterocycles. The van der Waals surface area contributed by atoms with Gasteiger partial charge in [0.05, 0.1) is 25.8 Å². The highest BCUT2D eigenvalue weighted by molar-refractivity contribution is 6.46. The zero-order chi connectivity index (χ0) is 22.7. The Balaban J connectivity index is 1.89. The average Bonchev–Trinajstić information content (AvgIpc) is 3.09. The van der Waals surface area contributed by atoms with Crippen LogP contribution in [0.4, 0.5) is 0 Å². The summed E-state index contributed by atoms with van der Waals surface area (Å²) in [6.45, 7) is 0.206. The maximum absolute atomic E-state index is 13.1. The lowest BCUT2D eigenvalue weighted by atomic mass is 9.95. The van der Waals surface area contributed by atoms with E-state index in [9.17, 15) is 14.7 Å². The highest BCUT2D eigenvalue weighted by Crippen LogP contribution is 2.42. The van der Waals surface area contributed by atoms with Gasteiger partial charge in [-0.15, -0.1) is 0 Å². The van der Waals surface area contributed by atoms with Gasteiger partial charge in [0.25, 0.3) is 11.7 Å². The van der Waals surface area contributed by atoms with Crippen LogP contribution in [-0.2, 0) is 16.1 Å². The fourth-order valence-corrected chi connectivity index (χ4v) is 3.86. The SMILES string of the molecule is COc1ccc(C2C(=C(O)c3ccncc3)C(=O)C(=O)N2Cc2ccccc2)cc1OC. The van der Waals surface area contributed by atoms with E-state index in [0.717, 1.165) is 5.56 Å². The summed E-state index contributed by atoms with van der Waals surface area (Å²) >= 11 is 0. The number of aromatic nitrogens is 1. The van der Waals surface area contributed by atoms with E-state index in [-0.39, 0.29) is 17.9 Å². The third kappa shape index (κ3) is 3.80. The Morgan fingerprint density at radius 1 is 0.969 bits per heavy atom. The van der Waals surface area contributed by atoms with Crippen molar-refractivity contribution in [2.75, 3.05) is 14.2 Å². The third-order valence-corrected chi connectivity index (χ3v) is 5.41. The van der Waals surface area contributed by atoms with Gasteiger partial charge in [-0.3, -0.25) is 14.6 Å². The first-order valence-corrected chi connectivity index (χ1v) is 9.99. The number of carbonyl (C=O) groups is 2. The average molecular weight is 430 g/mol. The predicted octanol–water partition coefficient (Wildman–Crippen LogP) is 3.72. The number of benzene rings is 2. The maximum atomic E-state index is 13.1. The molecule has 0 aliphatic carbocycles. The van der Waals surface area contributed by atoms with Crippen LogP contribution in [0.5, 0.6) is 11.5 Å². The molecule has 0 bridgehead atoms. The van der Waals surface area contributed by atoms with Crippen molar-refractivity contribution in [2.24, 2.45) is 0 Å². The van der Waals surface area contributed by atoms with Gasteiger partial charge in [0.2, 0.25) is 0 Å². The third-order valence-electron chi connectivity index (χ3n) is 5.41. The van der Waals surface area contributed by atoms with Gasteiger partial charge in [-0.25, -0.2) is 0 Å². The topological polar surface area (TPSA) is 89.0 Å². The number of aliphatic hydroxyl groups is 1. The number of Topliss-reactive ketones (excluding diaryl/α,β-unsaturated/α-hetero) is 1. The fraction of sp³-hybridized carbons (Fsp3) is 0.160. The molecule has 7 heteroatoms. The number of ether oxygens (including phenoxy) is 2. The Morgan fingerprint density at radius 2 is 1.66 bits per heavy atom. The number of carbonyl (C=O) groups excluding carboxylic acids is 2. The molecular weight excluding hydrogens is 408 g/mol. The van der Waals surface area contributed by atoms with E-state index in [4.69, 9.17) is 9.47 Å². The number of aliphatic hydroxyl groups excluding tert-OH is 1. The Kier molecular flexibility index (Phi) is 5.89. The molecule has 162 valence electrons. The van der Waals surface area contributed by atoms with E-state index >= 15 is 0 Å². The lowest BCUT2D eigenvalue weighted by molar-refractivity contribution is -0.140. The van der Waals surface area contributed by atoms with Gasteiger partial charge < -0.3 is 19.5 Å². The molecule has 7 nitrogen and oxygen atoms in total. The molecule has 3 aromatic rings. The van der Waals surface area contributed by atoms with Crippen LogP contribution in [-0.4, -0.2) is 40.9 Å². The highest BCUT2D eigenvalue weighted by Gasteiger charge is 2.46. The second-order valence-corrected chi connectivity index (χ2v) is 7.26. The number of hydrogen-bond acceptors (Lipinski definition) is 6. The molecule has 0 radical (unpaired) electrons. The molecule has 1 aliphatic rings. The van der Waals surface area contributed by atoms with Crippen molar-refractivity contribution >= 4 is 17.4 Å². The zero-order valence-electron chi connectivity index (χ0n) is 17.7. The number of rotatable bonds is 6. The van der Waals surface area contributed by atoms with E-state index in [1.807, 2.05) is 30.3 Å². The van der Waals surface area contributed by atoms with Crippen molar-refractivity contribution in [1.29, 1.82) is 0 Å². The quantitative estimate of drug-likeness (QED) is 0.364. The molecule has 32 heavy (non-hydrogen) atoms. The summed E-state index contributed by atoms with van der Waals surface area (Å²) in [5.41, 5.74) is 1.91. The summed E-state index contributed by atoms with van der Waals surface area (Å²) in [7, 11) is 3.04. The van der Waals surface area contributed by atoms with Gasteiger partial charge >= 0.3 is 0 Å². The minimum Gasteiger partial charge on any atom is -0.507 e.